The minimum atomic E-state index is -5.22. The van der Waals surface area contributed by atoms with Crippen LogP contribution < -0.4 is 0 Å². The van der Waals surface area contributed by atoms with Crippen LogP contribution in [0.2, 0.25) is 0 Å². The van der Waals surface area contributed by atoms with E-state index in [0.29, 0.717) is 11.1 Å². The molecule has 0 saturated heterocycles. The fraction of sp³-hybridized carbons (Fsp3) is 0.500. The quantitative estimate of drug-likeness (QED) is 0.432. The first-order valence-corrected chi connectivity index (χ1v) is 9.78. The monoisotopic (exact) mass is 428 g/mol. The van der Waals surface area contributed by atoms with Gasteiger partial charge in [-0.2, -0.15) is 17.6 Å². The molecular formula is C24H26F6. The van der Waals surface area contributed by atoms with Crippen LogP contribution in [0.5, 0.6) is 0 Å². The SMILES string of the molecule is CC(C)(C)c1cccc([C@]2(F)C(F)(F)C(F)(F)[C@@]2(F)c2cccc(C(C)(C)C)c2)c1. The zero-order valence-corrected chi connectivity index (χ0v) is 17.9. The highest BCUT2D eigenvalue weighted by atomic mass is 19.3. The van der Waals surface area contributed by atoms with Crippen LogP contribution in [0.15, 0.2) is 48.5 Å². The molecule has 164 valence electrons. The maximum Gasteiger partial charge on any atom is 0.355 e. The summed E-state index contributed by atoms with van der Waals surface area (Å²) in [6.07, 6.45) is 0. The molecule has 1 fully saturated rings. The number of benzene rings is 2. The van der Waals surface area contributed by atoms with Crippen molar-refractivity contribution in [1.29, 1.82) is 0 Å². The van der Waals surface area contributed by atoms with E-state index in [1.54, 1.807) is 53.7 Å². The molecule has 0 radical (unpaired) electrons. The first-order chi connectivity index (χ1) is 13.4. The van der Waals surface area contributed by atoms with Crippen LogP contribution in [0, 0.1) is 0 Å². The third-order valence-electron chi connectivity index (χ3n) is 5.99. The summed E-state index contributed by atoms with van der Waals surface area (Å²) >= 11 is 0. The third kappa shape index (κ3) is 2.68. The van der Waals surface area contributed by atoms with E-state index in [4.69, 9.17) is 0 Å². The molecule has 0 nitrogen and oxygen atoms in total. The highest BCUT2D eigenvalue weighted by molar-refractivity contribution is 5.50. The number of alkyl halides is 6. The Morgan fingerprint density at radius 2 is 0.833 bits per heavy atom. The first-order valence-electron chi connectivity index (χ1n) is 9.78. The summed E-state index contributed by atoms with van der Waals surface area (Å²) < 4.78 is 90.6. The zero-order valence-electron chi connectivity index (χ0n) is 17.9. The van der Waals surface area contributed by atoms with E-state index >= 15 is 8.78 Å². The van der Waals surface area contributed by atoms with Crippen molar-refractivity contribution in [3.8, 4) is 0 Å². The van der Waals surface area contributed by atoms with Crippen LogP contribution in [0.3, 0.4) is 0 Å². The van der Waals surface area contributed by atoms with E-state index < -0.39 is 45.1 Å². The first kappa shape index (κ1) is 22.7. The summed E-state index contributed by atoms with van der Waals surface area (Å²) in [4.78, 5) is 0. The Labute approximate surface area is 173 Å². The van der Waals surface area contributed by atoms with Crippen LogP contribution in [0.1, 0.15) is 63.8 Å². The predicted octanol–water partition coefficient (Wildman–Crippen LogP) is 7.60. The van der Waals surface area contributed by atoms with Crippen LogP contribution >= 0.6 is 0 Å². The van der Waals surface area contributed by atoms with E-state index in [9.17, 15) is 17.6 Å². The minimum absolute atomic E-state index is 0.439. The van der Waals surface area contributed by atoms with E-state index in [1.165, 1.54) is 12.1 Å². The normalized spacial score (nSPS) is 28.1. The predicted molar refractivity (Wildman–Crippen MR) is 106 cm³/mol. The summed E-state index contributed by atoms with van der Waals surface area (Å²) in [6.45, 7) is 10.6. The maximum absolute atomic E-state index is 16.0. The van der Waals surface area contributed by atoms with Gasteiger partial charge in [0.05, 0.1) is 0 Å². The zero-order chi connectivity index (χ0) is 23.0. The van der Waals surface area contributed by atoms with Crippen molar-refractivity contribution in [1.82, 2.24) is 0 Å². The smallest absolute Gasteiger partial charge is 0.227 e. The Morgan fingerprint density at radius 3 is 1.10 bits per heavy atom. The minimum Gasteiger partial charge on any atom is -0.227 e. The standard InChI is InChI=1S/C24H26F6/c1-19(2,3)15-9-7-11-17(13-15)21(25)22(26,24(29,30)23(21,27)28)18-12-8-10-16(14-18)20(4,5)6/h7-14H,1-6H3/t21-,22-/m1/s1. The summed E-state index contributed by atoms with van der Waals surface area (Å²) in [7, 11) is 0. The summed E-state index contributed by atoms with van der Waals surface area (Å²) in [5.41, 5.74) is -10.3. The van der Waals surface area contributed by atoms with Gasteiger partial charge in [0.25, 0.3) is 0 Å². The molecule has 2 aromatic rings. The molecule has 0 heterocycles. The highest BCUT2D eigenvalue weighted by Crippen LogP contribution is 2.76. The average Bonchev–Trinajstić information content (AvgIpc) is 2.64. The van der Waals surface area contributed by atoms with Gasteiger partial charge in [-0.1, -0.05) is 90.1 Å². The molecule has 6 heteroatoms. The van der Waals surface area contributed by atoms with Gasteiger partial charge in [-0.3, -0.25) is 0 Å². The molecule has 30 heavy (non-hydrogen) atoms. The van der Waals surface area contributed by atoms with Gasteiger partial charge in [0.15, 0.2) is 0 Å². The average molecular weight is 428 g/mol. The summed E-state index contributed by atoms with van der Waals surface area (Å²) in [6, 6.07) is 9.73. The topological polar surface area (TPSA) is 0 Å². The Balaban J connectivity index is 2.28. The second kappa shape index (κ2) is 6.27. The molecule has 3 rings (SSSR count). The number of halogens is 6. The van der Waals surface area contributed by atoms with Crippen molar-refractivity contribution in [2.24, 2.45) is 0 Å². The fourth-order valence-corrected chi connectivity index (χ4v) is 3.96. The Morgan fingerprint density at radius 1 is 0.533 bits per heavy atom. The lowest BCUT2D eigenvalue weighted by atomic mass is 9.55. The van der Waals surface area contributed by atoms with Gasteiger partial charge in [-0.05, 0) is 33.1 Å². The third-order valence-corrected chi connectivity index (χ3v) is 5.99. The molecule has 2 atom stereocenters. The summed E-state index contributed by atoms with van der Waals surface area (Å²) in [5, 5.41) is 0. The van der Waals surface area contributed by atoms with Crippen molar-refractivity contribution < 1.29 is 26.3 Å². The van der Waals surface area contributed by atoms with Gasteiger partial charge in [0.1, 0.15) is 0 Å². The van der Waals surface area contributed by atoms with Crippen LogP contribution in [0.4, 0.5) is 26.3 Å². The van der Waals surface area contributed by atoms with Crippen LogP contribution in [-0.2, 0) is 22.2 Å². The highest BCUT2D eigenvalue weighted by Gasteiger charge is 2.98. The van der Waals surface area contributed by atoms with Crippen molar-refractivity contribution >= 4 is 0 Å². The Hall–Kier alpha value is -1.98. The van der Waals surface area contributed by atoms with E-state index in [2.05, 4.69) is 0 Å². The molecule has 0 N–H and O–H groups in total. The molecular weight excluding hydrogens is 402 g/mol. The lowest BCUT2D eigenvalue weighted by Crippen LogP contribution is -2.82. The van der Waals surface area contributed by atoms with E-state index in [0.717, 1.165) is 24.3 Å². The van der Waals surface area contributed by atoms with Gasteiger partial charge in [0.2, 0.25) is 11.3 Å². The molecule has 0 aliphatic heterocycles. The van der Waals surface area contributed by atoms with Crippen LogP contribution in [0.25, 0.3) is 0 Å². The second-order valence-electron chi connectivity index (χ2n) is 10.1. The van der Waals surface area contributed by atoms with Crippen molar-refractivity contribution in [3.05, 3.63) is 70.8 Å². The Bertz CT molecular complexity index is 887. The summed E-state index contributed by atoms with van der Waals surface area (Å²) in [5.74, 6) is -10.4. The van der Waals surface area contributed by atoms with Gasteiger partial charge >= 0.3 is 11.8 Å². The largest absolute Gasteiger partial charge is 0.355 e. The van der Waals surface area contributed by atoms with E-state index in [1.807, 2.05) is 0 Å². The molecule has 1 saturated carbocycles. The molecule has 1 aliphatic rings. The number of hydrogen-bond acceptors (Lipinski definition) is 0. The molecule has 2 aromatic carbocycles. The van der Waals surface area contributed by atoms with Gasteiger partial charge in [-0.15, -0.1) is 0 Å². The van der Waals surface area contributed by atoms with Crippen LogP contribution in [-0.4, -0.2) is 11.8 Å². The fourth-order valence-electron chi connectivity index (χ4n) is 3.96. The van der Waals surface area contributed by atoms with Gasteiger partial charge < -0.3 is 0 Å². The maximum atomic E-state index is 16.0. The van der Waals surface area contributed by atoms with Crippen molar-refractivity contribution in [2.45, 2.75) is 75.6 Å². The molecule has 0 amide bonds. The van der Waals surface area contributed by atoms with Gasteiger partial charge in [-0.25, -0.2) is 8.78 Å². The van der Waals surface area contributed by atoms with E-state index in [-0.39, 0.29) is 0 Å². The van der Waals surface area contributed by atoms with Gasteiger partial charge in [0, 0.05) is 0 Å². The molecule has 0 spiro atoms. The number of rotatable bonds is 2. The molecule has 1 aliphatic carbocycles. The van der Waals surface area contributed by atoms with Crippen molar-refractivity contribution in [3.63, 3.8) is 0 Å². The lowest BCUT2D eigenvalue weighted by Gasteiger charge is -2.59. The molecule has 0 unspecified atom stereocenters. The lowest BCUT2D eigenvalue weighted by molar-refractivity contribution is -0.451. The molecule has 0 bridgehead atoms. The second-order valence-corrected chi connectivity index (χ2v) is 10.1. The van der Waals surface area contributed by atoms with Crippen molar-refractivity contribution in [2.75, 3.05) is 0 Å². The number of hydrogen-bond donors (Lipinski definition) is 0. The Kier molecular flexibility index (Phi) is 4.74. The molecule has 0 aromatic heterocycles.